The Hall–Kier alpha value is -2.23. The highest BCUT2D eigenvalue weighted by Crippen LogP contribution is 2.25. The Morgan fingerprint density at radius 3 is 2.48 bits per heavy atom. The van der Waals surface area contributed by atoms with E-state index in [0.29, 0.717) is 5.75 Å². The fraction of sp³-hybridized carbons (Fsp3) is 0.174. The number of halogens is 1. The van der Waals surface area contributed by atoms with E-state index in [9.17, 15) is 4.79 Å². The second-order valence-corrected chi connectivity index (χ2v) is 7.81. The maximum atomic E-state index is 12.6. The van der Waals surface area contributed by atoms with Crippen LogP contribution in [0.5, 0.6) is 0 Å². The largest absolute Gasteiger partial charge is 0.344 e. The molecule has 3 rings (SSSR count). The molecule has 0 unspecified atom stereocenters. The second-order valence-electron chi connectivity index (χ2n) is 6.39. The molecule has 138 valence electrons. The monoisotopic (exact) mass is 395 g/mol. The summed E-state index contributed by atoms with van der Waals surface area (Å²) >= 11 is 7.61. The van der Waals surface area contributed by atoms with Gasteiger partial charge in [0.25, 0.3) is 0 Å². The van der Waals surface area contributed by atoms with Crippen LogP contribution < -0.4 is 5.32 Å². The van der Waals surface area contributed by atoms with Crippen molar-refractivity contribution in [3.63, 3.8) is 0 Å². The lowest BCUT2D eigenvalue weighted by molar-refractivity contribution is -0.119. The zero-order valence-electron chi connectivity index (χ0n) is 15.2. The van der Waals surface area contributed by atoms with Crippen LogP contribution in [-0.2, 0) is 10.5 Å². The zero-order chi connectivity index (χ0) is 19.1. The van der Waals surface area contributed by atoms with E-state index >= 15 is 0 Å². The molecule has 0 radical (unpaired) electrons. The van der Waals surface area contributed by atoms with Gasteiger partial charge in [-0.05, 0) is 41.3 Å². The summed E-state index contributed by atoms with van der Waals surface area (Å²) in [6, 6.07) is 25.9. The van der Waals surface area contributed by atoms with Crippen LogP contribution in [-0.4, -0.2) is 11.7 Å². The van der Waals surface area contributed by atoms with Crippen molar-refractivity contribution in [3.8, 4) is 0 Å². The predicted octanol–water partition coefficient (Wildman–Crippen LogP) is 5.79. The first kappa shape index (κ1) is 19.5. The Labute approximate surface area is 170 Å². The molecule has 2 nitrogen and oxygen atoms in total. The number of carbonyl (C=O) groups is 1. The first-order valence-electron chi connectivity index (χ1n) is 8.85. The van der Waals surface area contributed by atoms with Gasteiger partial charge in [0.05, 0.1) is 11.8 Å². The van der Waals surface area contributed by atoms with Crippen LogP contribution in [0.1, 0.15) is 28.3 Å². The fourth-order valence-electron chi connectivity index (χ4n) is 2.99. The summed E-state index contributed by atoms with van der Waals surface area (Å²) in [7, 11) is 0. The van der Waals surface area contributed by atoms with E-state index in [-0.39, 0.29) is 11.9 Å². The lowest BCUT2D eigenvalue weighted by Gasteiger charge is -2.21. The first-order chi connectivity index (χ1) is 13.1. The summed E-state index contributed by atoms with van der Waals surface area (Å²) in [6.45, 7) is 2.07. The third-order valence-electron chi connectivity index (χ3n) is 4.33. The highest BCUT2D eigenvalue weighted by molar-refractivity contribution is 7.99. The van der Waals surface area contributed by atoms with E-state index in [0.717, 1.165) is 27.5 Å². The standard InChI is InChI=1S/C23H22ClNOS/c1-17-8-5-6-13-21(17)23(19-10-3-2-4-11-19)25-22(26)16-27-15-18-9-7-12-20(24)14-18/h2-14,23H,15-16H2,1H3,(H,25,26)/t23-/m0/s1. The van der Waals surface area contributed by atoms with E-state index in [2.05, 4.69) is 36.5 Å². The molecule has 0 aliphatic heterocycles. The molecule has 0 bridgehead atoms. The second kappa shape index (κ2) is 9.63. The molecule has 0 aliphatic rings. The van der Waals surface area contributed by atoms with Gasteiger partial charge in [0.2, 0.25) is 5.91 Å². The molecular formula is C23H22ClNOS. The number of benzene rings is 3. The molecule has 0 heterocycles. The van der Waals surface area contributed by atoms with E-state index in [1.165, 1.54) is 5.56 Å². The van der Waals surface area contributed by atoms with Gasteiger partial charge >= 0.3 is 0 Å². The third kappa shape index (κ3) is 5.62. The van der Waals surface area contributed by atoms with Gasteiger partial charge in [-0.25, -0.2) is 0 Å². The van der Waals surface area contributed by atoms with E-state index in [4.69, 9.17) is 11.6 Å². The summed E-state index contributed by atoms with van der Waals surface area (Å²) in [6.07, 6.45) is 0. The maximum Gasteiger partial charge on any atom is 0.230 e. The Bertz CT molecular complexity index is 898. The average Bonchev–Trinajstić information content (AvgIpc) is 2.68. The molecule has 1 amide bonds. The number of amides is 1. The minimum Gasteiger partial charge on any atom is -0.344 e. The van der Waals surface area contributed by atoms with E-state index in [1.54, 1.807) is 11.8 Å². The molecule has 3 aromatic rings. The summed E-state index contributed by atoms with van der Waals surface area (Å²) < 4.78 is 0. The highest BCUT2D eigenvalue weighted by Gasteiger charge is 2.18. The molecule has 0 saturated heterocycles. The quantitative estimate of drug-likeness (QED) is 0.548. The van der Waals surface area contributed by atoms with Crippen LogP contribution in [0, 0.1) is 6.92 Å². The third-order valence-corrected chi connectivity index (χ3v) is 5.57. The Kier molecular flexibility index (Phi) is 6.97. The zero-order valence-corrected chi connectivity index (χ0v) is 16.8. The number of hydrogen-bond acceptors (Lipinski definition) is 2. The average molecular weight is 396 g/mol. The van der Waals surface area contributed by atoms with Crippen molar-refractivity contribution in [1.82, 2.24) is 5.32 Å². The smallest absolute Gasteiger partial charge is 0.230 e. The van der Waals surface area contributed by atoms with Crippen LogP contribution in [0.25, 0.3) is 0 Å². The number of nitrogens with one attached hydrogen (secondary N) is 1. The number of thioether (sulfide) groups is 1. The molecule has 0 aliphatic carbocycles. The topological polar surface area (TPSA) is 29.1 Å². The summed E-state index contributed by atoms with van der Waals surface area (Å²) in [5.41, 5.74) is 4.49. The predicted molar refractivity (Wildman–Crippen MR) is 115 cm³/mol. The van der Waals surface area contributed by atoms with Gasteiger partial charge in [-0.1, -0.05) is 78.3 Å². The van der Waals surface area contributed by atoms with Gasteiger partial charge in [0.1, 0.15) is 0 Å². The molecule has 1 N–H and O–H groups in total. The van der Waals surface area contributed by atoms with Crippen LogP contribution in [0.2, 0.25) is 5.02 Å². The van der Waals surface area contributed by atoms with Gasteiger partial charge in [-0.2, -0.15) is 0 Å². The molecule has 0 fully saturated rings. The summed E-state index contributed by atoms with van der Waals surface area (Å²) in [5.74, 6) is 1.19. The fourth-order valence-corrected chi connectivity index (χ4v) is 3.99. The molecule has 4 heteroatoms. The van der Waals surface area contributed by atoms with Crippen molar-refractivity contribution >= 4 is 29.3 Å². The maximum absolute atomic E-state index is 12.6. The molecule has 0 aromatic heterocycles. The minimum atomic E-state index is -0.147. The number of carbonyl (C=O) groups excluding carboxylic acids is 1. The van der Waals surface area contributed by atoms with Crippen molar-refractivity contribution in [1.29, 1.82) is 0 Å². The Morgan fingerprint density at radius 1 is 1.00 bits per heavy atom. The first-order valence-corrected chi connectivity index (χ1v) is 10.4. The lowest BCUT2D eigenvalue weighted by Crippen LogP contribution is -2.31. The van der Waals surface area contributed by atoms with Crippen molar-refractivity contribution in [3.05, 3.63) is 106 Å². The SMILES string of the molecule is Cc1ccccc1[C@@H](NC(=O)CSCc1cccc(Cl)c1)c1ccccc1. The lowest BCUT2D eigenvalue weighted by atomic mass is 9.95. The normalized spacial score (nSPS) is 11.8. The van der Waals surface area contributed by atoms with Gasteiger partial charge in [0.15, 0.2) is 0 Å². The number of rotatable bonds is 7. The van der Waals surface area contributed by atoms with Crippen LogP contribution in [0.3, 0.4) is 0 Å². The molecular weight excluding hydrogens is 374 g/mol. The molecule has 27 heavy (non-hydrogen) atoms. The van der Waals surface area contributed by atoms with Crippen molar-refractivity contribution in [2.75, 3.05) is 5.75 Å². The van der Waals surface area contributed by atoms with Gasteiger partial charge in [-0.15, -0.1) is 11.8 Å². The summed E-state index contributed by atoms with van der Waals surface area (Å²) in [5, 5.41) is 3.93. The Morgan fingerprint density at radius 2 is 1.74 bits per heavy atom. The van der Waals surface area contributed by atoms with Crippen LogP contribution in [0.15, 0.2) is 78.9 Å². The van der Waals surface area contributed by atoms with Gasteiger partial charge in [-0.3, -0.25) is 4.79 Å². The van der Waals surface area contributed by atoms with Crippen molar-refractivity contribution in [2.24, 2.45) is 0 Å². The summed E-state index contributed by atoms with van der Waals surface area (Å²) in [4.78, 5) is 12.6. The minimum absolute atomic E-state index is 0.0270. The van der Waals surface area contributed by atoms with Crippen molar-refractivity contribution in [2.45, 2.75) is 18.7 Å². The molecule has 3 aromatic carbocycles. The molecule has 0 spiro atoms. The number of hydrogen-bond donors (Lipinski definition) is 1. The van der Waals surface area contributed by atoms with Gasteiger partial charge < -0.3 is 5.32 Å². The van der Waals surface area contributed by atoms with E-state index in [1.807, 2.05) is 54.6 Å². The van der Waals surface area contributed by atoms with Crippen LogP contribution in [0.4, 0.5) is 0 Å². The van der Waals surface area contributed by atoms with E-state index < -0.39 is 0 Å². The highest BCUT2D eigenvalue weighted by atomic mass is 35.5. The Balaban J connectivity index is 1.67. The van der Waals surface area contributed by atoms with Gasteiger partial charge in [0, 0.05) is 10.8 Å². The molecule has 0 saturated carbocycles. The van der Waals surface area contributed by atoms with Crippen LogP contribution >= 0.6 is 23.4 Å². The number of aryl methyl sites for hydroxylation is 1. The molecule has 1 atom stereocenters. The van der Waals surface area contributed by atoms with Crippen molar-refractivity contribution < 1.29 is 4.79 Å².